The second-order valence-corrected chi connectivity index (χ2v) is 11.1. The minimum atomic E-state index is -3.81. The third-order valence-electron chi connectivity index (χ3n) is 6.45. The molecule has 5 rings (SSSR count). The molecule has 2 atom stereocenters. The number of nitrogens with zero attached hydrogens (tertiary/aromatic N) is 3. The van der Waals surface area contributed by atoms with Crippen molar-refractivity contribution in [3.05, 3.63) is 29.0 Å². The number of ether oxygens (including phenoxy) is 1. The molecule has 1 aromatic carbocycles. The molecule has 0 saturated carbocycles. The van der Waals surface area contributed by atoms with Crippen LogP contribution in [-0.2, 0) is 19.6 Å². The zero-order valence-electron chi connectivity index (χ0n) is 16.6. The van der Waals surface area contributed by atoms with E-state index in [0.717, 1.165) is 12.1 Å². The first-order chi connectivity index (χ1) is 14.7. The van der Waals surface area contributed by atoms with Gasteiger partial charge in [0.15, 0.2) is 0 Å². The predicted molar refractivity (Wildman–Crippen MR) is 107 cm³/mol. The minimum Gasteiger partial charge on any atom is -0.366 e. The van der Waals surface area contributed by atoms with Crippen LogP contribution in [0.25, 0.3) is 0 Å². The lowest BCUT2D eigenvalue weighted by Gasteiger charge is -2.60. The number of rotatable bonds is 2. The lowest BCUT2D eigenvalue weighted by atomic mass is 9.74. The summed E-state index contributed by atoms with van der Waals surface area (Å²) in [7, 11) is -3.81. The Kier molecular flexibility index (Phi) is 4.92. The van der Waals surface area contributed by atoms with Crippen LogP contribution < -0.4 is 5.32 Å². The second-order valence-electron chi connectivity index (χ2n) is 8.74. The van der Waals surface area contributed by atoms with Gasteiger partial charge in [0.05, 0.1) is 17.2 Å². The van der Waals surface area contributed by atoms with E-state index in [4.69, 9.17) is 16.3 Å². The highest BCUT2D eigenvalue weighted by atomic mass is 35.5. The molecule has 4 fully saturated rings. The van der Waals surface area contributed by atoms with E-state index in [1.165, 1.54) is 10.4 Å². The topological polar surface area (TPSA) is 99.3 Å². The molecule has 4 saturated heterocycles. The van der Waals surface area contributed by atoms with E-state index >= 15 is 0 Å². The number of benzene rings is 1. The average molecular weight is 473 g/mol. The van der Waals surface area contributed by atoms with Crippen molar-refractivity contribution in [1.29, 1.82) is 0 Å². The molecule has 0 radical (unpaired) electrons. The molecule has 4 aliphatic rings. The minimum absolute atomic E-state index is 0.0618. The van der Waals surface area contributed by atoms with Gasteiger partial charge in [-0.25, -0.2) is 17.6 Å². The second kappa shape index (κ2) is 7.29. The smallest absolute Gasteiger partial charge is 0.320 e. The van der Waals surface area contributed by atoms with Gasteiger partial charge in [-0.3, -0.25) is 4.79 Å². The molecule has 0 unspecified atom stereocenters. The van der Waals surface area contributed by atoms with Crippen molar-refractivity contribution >= 4 is 33.6 Å². The predicted octanol–water partition coefficient (Wildman–Crippen LogP) is 0.495. The highest BCUT2D eigenvalue weighted by molar-refractivity contribution is 7.89. The van der Waals surface area contributed by atoms with Crippen molar-refractivity contribution in [2.75, 3.05) is 45.9 Å². The third-order valence-corrected chi connectivity index (χ3v) is 8.73. The summed E-state index contributed by atoms with van der Waals surface area (Å²) in [5, 5.41) is 2.73. The molecule has 0 bridgehead atoms. The Bertz CT molecular complexity index is 1040. The SMILES string of the molecule is O=C1CO[C@H]2CCN(C(=O)N3CC4(C3)CN(S(=O)(=O)c3ccc(F)cc3Cl)C4)C[C@H]2N1. The summed E-state index contributed by atoms with van der Waals surface area (Å²) in [6, 6.07) is 2.93. The number of hydrogen-bond acceptors (Lipinski definition) is 5. The van der Waals surface area contributed by atoms with Gasteiger partial charge in [-0.1, -0.05) is 11.6 Å². The molecule has 0 aromatic heterocycles. The highest BCUT2D eigenvalue weighted by Crippen LogP contribution is 2.43. The van der Waals surface area contributed by atoms with Crippen LogP contribution in [-0.4, -0.2) is 92.5 Å². The molecule has 4 aliphatic heterocycles. The van der Waals surface area contributed by atoms with E-state index in [-0.39, 0.29) is 46.0 Å². The summed E-state index contributed by atoms with van der Waals surface area (Å²) < 4.78 is 45.6. The van der Waals surface area contributed by atoms with Gasteiger partial charge in [0.2, 0.25) is 15.9 Å². The van der Waals surface area contributed by atoms with Gasteiger partial charge in [-0.15, -0.1) is 0 Å². The first-order valence-corrected chi connectivity index (χ1v) is 11.9. The van der Waals surface area contributed by atoms with Crippen molar-refractivity contribution in [3.63, 3.8) is 0 Å². The van der Waals surface area contributed by atoms with E-state index in [1.807, 2.05) is 0 Å². The summed E-state index contributed by atoms with van der Waals surface area (Å²) >= 11 is 5.93. The molecule has 0 aliphatic carbocycles. The summed E-state index contributed by atoms with van der Waals surface area (Å²) in [5.41, 5.74) is -0.254. The van der Waals surface area contributed by atoms with Gasteiger partial charge in [0.25, 0.3) is 0 Å². The monoisotopic (exact) mass is 472 g/mol. The Morgan fingerprint density at radius 3 is 2.68 bits per heavy atom. The number of carbonyl (C=O) groups excluding carboxylic acids is 2. The van der Waals surface area contributed by atoms with E-state index in [1.54, 1.807) is 9.80 Å². The molecule has 1 spiro atoms. The number of sulfonamides is 1. The summed E-state index contributed by atoms with van der Waals surface area (Å²) in [6.07, 6.45) is 0.605. The summed E-state index contributed by atoms with van der Waals surface area (Å²) in [4.78, 5) is 27.7. The van der Waals surface area contributed by atoms with Crippen molar-refractivity contribution in [1.82, 2.24) is 19.4 Å². The maximum atomic E-state index is 13.2. The first kappa shape index (κ1) is 20.9. The fraction of sp³-hybridized carbons (Fsp3) is 0.579. The third kappa shape index (κ3) is 3.57. The van der Waals surface area contributed by atoms with Crippen LogP contribution in [0.1, 0.15) is 6.42 Å². The van der Waals surface area contributed by atoms with E-state index < -0.39 is 15.8 Å². The molecule has 1 N–H and O–H groups in total. The van der Waals surface area contributed by atoms with Crippen LogP contribution in [0.3, 0.4) is 0 Å². The van der Waals surface area contributed by atoms with Crippen molar-refractivity contribution in [2.24, 2.45) is 5.41 Å². The summed E-state index contributed by atoms with van der Waals surface area (Å²) in [5.74, 6) is -0.768. The molecule has 168 valence electrons. The number of amides is 3. The normalized spacial score (nSPS) is 27.9. The van der Waals surface area contributed by atoms with E-state index in [9.17, 15) is 22.4 Å². The largest absolute Gasteiger partial charge is 0.366 e. The van der Waals surface area contributed by atoms with Gasteiger partial charge >= 0.3 is 6.03 Å². The van der Waals surface area contributed by atoms with Crippen molar-refractivity contribution in [2.45, 2.75) is 23.5 Å². The Morgan fingerprint density at radius 1 is 1.23 bits per heavy atom. The molecule has 1 aromatic rings. The van der Waals surface area contributed by atoms with Crippen LogP contribution in [0.5, 0.6) is 0 Å². The van der Waals surface area contributed by atoms with Crippen molar-refractivity contribution < 1.29 is 27.1 Å². The van der Waals surface area contributed by atoms with E-state index in [0.29, 0.717) is 45.7 Å². The van der Waals surface area contributed by atoms with Gasteiger partial charge in [-0.05, 0) is 24.6 Å². The summed E-state index contributed by atoms with van der Waals surface area (Å²) in [6.45, 7) is 2.56. The number of hydrogen-bond donors (Lipinski definition) is 1. The number of urea groups is 1. The van der Waals surface area contributed by atoms with Gasteiger partial charge in [-0.2, -0.15) is 4.31 Å². The maximum Gasteiger partial charge on any atom is 0.320 e. The molecule has 9 nitrogen and oxygen atoms in total. The Morgan fingerprint density at radius 2 is 1.97 bits per heavy atom. The number of piperidine rings is 1. The molecule has 4 heterocycles. The number of carbonyl (C=O) groups is 2. The highest BCUT2D eigenvalue weighted by Gasteiger charge is 2.57. The number of likely N-dealkylation sites (tertiary alicyclic amines) is 2. The van der Waals surface area contributed by atoms with Gasteiger partial charge in [0, 0.05) is 44.7 Å². The Labute approximate surface area is 184 Å². The van der Waals surface area contributed by atoms with Gasteiger partial charge in [0.1, 0.15) is 17.3 Å². The van der Waals surface area contributed by atoms with Crippen LogP contribution in [0.4, 0.5) is 9.18 Å². The zero-order chi connectivity index (χ0) is 22.0. The zero-order valence-corrected chi connectivity index (χ0v) is 18.2. The Hall–Kier alpha value is -1.95. The molecule has 12 heteroatoms. The number of halogens is 2. The number of morpholine rings is 1. The number of nitrogens with one attached hydrogen (secondary N) is 1. The maximum absolute atomic E-state index is 13.2. The fourth-order valence-corrected chi connectivity index (χ4v) is 7.04. The van der Waals surface area contributed by atoms with Crippen LogP contribution in [0, 0.1) is 11.2 Å². The molecule has 3 amide bonds. The molecular weight excluding hydrogens is 451 g/mol. The average Bonchev–Trinajstić information content (AvgIpc) is 2.64. The number of fused-ring (bicyclic) bond motifs is 1. The van der Waals surface area contributed by atoms with Crippen LogP contribution in [0.2, 0.25) is 5.02 Å². The van der Waals surface area contributed by atoms with Crippen molar-refractivity contribution in [3.8, 4) is 0 Å². The fourth-order valence-electron chi connectivity index (χ4n) is 4.87. The molecular formula is C19H22ClFN4O5S. The Balaban J connectivity index is 1.16. The quantitative estimate of drug-likeness (QED) is 0.675. The van der Waals surface area contributed by atoms with Crippen LogP contribution in [0.15, 0.2) is 23.1 Å². The van der Waals surface area contributed by atoms with E-state index in [2.05, 4.69) is 5.32 Å². The standard InChI is InChI=1S/C19H22ClFN4O5S/c20-13-5-12(21)1-2-16(13)31(28,29)25-10-19(11-25)8-24(9-19)18(27)23-4-3-15-14(6-23)22-17(26)7-30-15/h1-2,5,14-15H,3-4,6-11H2,(H,22,26)/t14-,15+/m1/s1. The molecule has 31 heavy (non-hydrogen) atoms. The van der Waals surface area contributed by atoms with Gasteiger partial charge < -0.3 is 19.9 Å². The lowest BCUT2D eigenvalue weighted by Crippen LogP contribution is -2.75. The lowest BCUT2D eigenvalue weighted by molar-refractivity contribution is -0.140. The first-order valence-electron chi connectivity index (χ1n) is 10.1. The van der Waals surface area contributed by atoms with Crippen LogP contribution >= 0.6 is 11.6 Å².